The minimum absolute atomic E-state index is 0.843. The lowest BCUT2D eigenvalue weighted by atomic mass is 10.1. The Kier molecular flexibility index (Phi) is 3.73. The summed E-state index contributed by atoms with van der Waals surface area (Å²) in [7, 11) is 0. The van der Waals surface area contributed by atoms with Gasteiger partial charge in [-0.3, -0.25) is 5.10 Å². The standard InChI is InChI=1S/C18H19N3/c1-13-3-4-16(14(2)11-13)12-19-17-7-5-15(6-8-17)18-9-10-20-21-18/h3-11,19H,12H2,1-2H3,(H,20,21). The molecular weight excluding hydrogens is 258 g/mol. The summed E-state index contributed by atoms with van der Waals surface area (Å²) in [5.74, 6) is 0. The minimum atomic E-state index is 0.843. The van der Waals surface area contributed by atoms with Gasteiger partial charge < -0.3 is 5.32 Å². The number of rotatable bonds is 4. The topological polar surface area (TPSA) is 40.7 Å². The van der Waals surface area contributed by atoms with Crippen LogP contribution in [0.15, 0.2) is 54.7 Å². The van der Waals surface area contributed by atoms with E-state index in [1.54, 1.807) is 6.20 Å². The van der Waals surface area contributed by atoms with Gasteiger partial charge in [-0.1, -0.05) is 35.9 Å². The van der Waals surface area contributed by atoms with Crippen LogP contribution in [-0.4, -0.2) is 10.2 Å². The zero-order valence-electron chi connectivity index (χ0n) is 12.4. The molecule has 3 heteroatoms. The number of aromatic nitrogens is 2. The number of hydrogen-bond donors (Lipinski definition) is 2. The summed E-state index contributed by atoms with van der Waals surface area (Å²) in [4.78, 5) is 0. The summed E-state index contributed by atoms with van der Waals surface area (Å²) >= 11 is 0. The van der Waals surface area contributed by atoms with E-state index in [4.69, 9.17) is 0 Å². The lowest BCUT2D eigenvalue weighted by Gasteiger charge is -2.10. The molecule has 0 atom stereocenters. The molecule has 0 saturated heterocycles. The van der Waals surface area contributed by atoms with Crippen LogP contribution in [0.3, 0.4) is 0 Å². The highest BCUT2D eigenvalue weighted by Gasteiger charge is 2.01. The van der Waals surface area contributed by atoms with Crippen molar-refractivity contribution in [3.63, 3.8) is 0 Å². The van der Waals surface area contributed by atoms with E-state index in [2.05, 4.69) is 71.8 Å². The van der Waals surface area contributed by atoms with Crippen molar-refractivity contribution in [3.05, 3.63) is 71.4 Å². The van der Waals surface area contributed by atoms with E-state index in [9.17, 15) is 0 Å². The molecule has 2 aromatic carbocycles. The van der Waals surface area contributed by atoms with Gasteiger partial charge in [0.15, 0.2) is 0 Å². The molecule has 0 bridgehead atoms. The zero-order valence-corrected chi connectivity index (χ0v) is 12.4. The Labute approximate surface area is 125 Å². The molecule has 0 aliphatic carbocycles. The van der Waals surface area contributed by atoms with Gasteiger partial charge in [-0.15, -0.1) is 0 Å². The van der Waals surface area contributed by atoms with Crippen LogP contribution in [0.4, 0.5) is 5.69 Å². The largest absolute Gasteiger partial charge is 0.381 e. The molecule has 0 aliphatic rings. The summed E-state index contributed by atoms with van der Waals surface area (Å²) in [6, 6.07) is 16.9. The van der Waals surface area contributed by atoms with Crippen LogP contribution >= 0.6 is 0 Å². The molecule has 0 fully saturated rings. The molecule has 21 heavy (non-hydrogen) atoms. The SMILES string of the molecule is Cc1ccc(CNc2ccc(-c3ccn[nH]3)cc2)c(C)c1. The van der Waals surface area contributed by atoms with Crippen LogP contribution in [0.1, 0.15) is 16.7 Å². The number of nitrogens with one attached hydrogen (secondary N) is 2. The molecule has 0 unspecified atom stereocenters. The lowest BCUT2D eigenvalue weighted by molar-refractivity contribution is 1.09. The van der Waals surface area contributed by atoms with Crippen LogP contribution < -0.4 is 5.32 Å². The van der Waals surface area contributed by atoms with E-state index in [0.717, 1.165) is 23.5 Å². The normalized spacial score (nSPS) is 10.6. The maximum atomic E-state index is 3.97. The van der Waals surface area contributed by atoms with Crippen LogP contribution in [0, 0.1) is 13.8 Å². The number of aryl methyl sites for hydroxylation is 2. The molecule has 3 aromatic rings. The highest BCUT2D eigenvalue weighted by atomic mass is 15.1. The summed E-state index contributed by atoms with van der Waals surface area (Å²) < 4.78 is 0. The second-order valence-electron chi connectivity index (χ2n) is 5.33. The Morgan fingerprint density at radius 1 is 1.00 bits per heavy atom. The van der Waals surface area contributed by atoms with Gasteiger partial charge in [0.2, 0.25) is 0 Å². The predicted octanol–water partition coefficient (Wildman–Crippen LogP) is 4.31. The van der Waals surface area contributed by atoms with Gasteiger partial charge in [0, 0.05) is 18.4 Å². The zero-order chi connectivity index (χ0) is 14.7. The van der Waals surface area contributed by atoms with Crippen molar-refractivity contribution in [3.8, 4) is 11.3 Å². The van der Waals surface area contributed by atoms with E-state index in [0.29, 0.717) is 0 Å². The molecule has 106 valence electrons. The van der Waals surface area contributed by atoms with Gasteiger partial charge in [0.1, 0.15) is 0 Å². The Bertz CT molecular complexity index is 713. The van der Waals surface area contributed by atoms with Crippen LogP contribution in [0.5, 0.6) is 0 Å². The number of nitrogens with zero attached hydrogens (tertiary/aromatic N) is 1. The van der Waals surface area contributed by atoms with Crippen LogP contribution in [0.25, 0.3) is 11.3 Å². The summed E-state index contributed by atoms with van der Waals surface area (Å²) in [6.07, 6.45) is 1.77. The third kappa shape index (κ3) is 3.14. The van der Waals surface area contributed by atoms with E-state index in [-0.39, 0.29) is 0 Å². The van der Waals surface area contributed by atoms with Crippen molar-refractivity contribution in [2.75, 3.05) is 5.32 Å². The van der Waals surface area contributed by atoms with E-state index >= 15 is 0 Å². The first-order valence-electron chi connectivity index (χ1n) is 7.12. The fourth-order valence-electron chi connectivity index (χ4n) is 2.43. The van der Waals surface area contributed by atoms with Crippen molar-refractivity contribution in [2.45, 2.75) is 20.4 Å². The van der Waals surface area contributed by atoms with Crippen molar-refractivity contribution < 1.29 is 0 Å². The average molecular weight is 277 g/mol. The second kappa shape index (κ2) is 5.83. The first-order chi connectivity index (χ1) is 10.2. The molecule has 1 heterocycles. The van der Waals surface area contributed by atoms with Gasteiger partial charge >= 0.3 is 0 Å². The van der Waals surface area contributed by atoms with E-state index in [1.807, 2.05) is 6.07 Å². The average Bonchev–Trinajstić information content (AvgIpc) is 3.01. The maximum absolute atomic E-state index is 3.97. The molecule has 3 nitrogen and oxygen atoms in total. The fourth-order valence-corrected chi connectivity index (χ4v) is 2.43. The van der Waals surface area contributed by atoms with E-state index < -0.39 is 0 Å². The summed E-state index contributed by atoms with van der Waals surface area (Å²) in [6.45, 7) is 5.12. The van der Waals surface area contributed by atoms with Crippen molar-refractivity contribution in [2.24, 2.45) is 0 Å². The number of anilines is 1. The van der Waals surface area contributed by atoms with Gasteiger partial charge in [-0.2, -0.15) is 5.10 Å². The quantitative estimate of drug-likeness (QED) is 0.746. The first kappa shape index (κ1) is 13.4. The Morgan fingerprint density at radius 2 is 1.81 bits per heavy atom. The van der Waals surface area contributed by atoms with Crippen molar-refractivity contribution in [1.82, 2.24) is 10.2 Å². The highest BCUT2D eigenvalue weighted by Crippen LogP contribution is 2.20. The van der Waals surface area contributed by atoms with Crippen molar-refractivity contribution >= 4 is 5.69 Å². The molecule has 1 aromatic heterocycles. The molecule has 0 radical (unpaired) electrons. The highest BCUT2D eigenvalue weighted by molar-refractivity contribution is 5.62. The van der Waals surface area contributed by atoms with Crippen LogP contribution in [-0.2, 0) is 6.54 Å². The summed E-state index contributed by atoms with van der Waals surface area (Å²) in [5, 5.41) is 10.4. The molecule has 0 saturated carbocycles. The smallest absolute Gasteiger partial charge is 0.0650 e. The third-order valence-corrected chi connectivity index (χ3v) is 3.68. The number of aromatic amines is 1. The van der Waals surface area contributed by atoms with Gasteiger partial charge in [-0.25, -0.2) is 0 Å². The predicted molar refractivity (Wildman–Crippen MR) is 87.3 cm³/mol. The molecule has 0 aliphatic heterocycles. The Morgan fingerprint density at radius 3 is 2.48 bits per heavy atom. The molecular formula is C18H19N3. The summed E-state index contributed by atoms with van der Waals surface area (Å²) in [5.41, 5.74) is 7.27. The molecule has 3 rings (SSSR count). The first-order valence-corrected chi connectivity index (χ1v) is 7.12. The minimum Gasteiger partial charge on any atom is -0.381 e. The molecule has 0 amide bonds. The fraction of sp³-hybridized carbons (Fsp3) is 0.167. The number of benzene rings is 2. The number of H-pyrrole nitrogens is 1. The number of hydrogen-bond acceptors (Lipinski definition) is 2. The van der Waals surface area contributed by atoms with E-state index in [1.165, 1.54) is 16.7 Å². The maximum Gasteiger partial charge on any atom is 0.0650 e. The van der Waals surface area contributed by atoms with Gasteiger partial charge in [0.25, 0.3) is 0 Å². The van der Waals surface area contributed by atoms with Crippen molar-refractivity contribution in [1.29, 1.82) is 0 Å². The Hall–Kier alpha value is -2.55. The van der Waals surface area contributed by atoms with Gasteiger partial charge in [0.05, 0.1) is 5.69 Å². The Balaban J connectivity index is 1.68. The third-order valence-electron chi connectivity index (χ3n) is 3.68. The second-order valence-corrected chi connectivity index (χ2v) is 5.33. The molecule has 2 N–H and O–H groups in total. The van der Waals surface area contributed by atoms with Gasteiger partial charge in [-0.05, 0) is 48.7 Å². The lowest BCUT2D eigenvalue weighted by Crippen LogP contribution is -2.01. The van der Waals surface area contributed by atoms with Crippen LogP contribution in [0.2, 0.25) is 0 Å². The molecule has 0 spiro atoms. The monoisotopic (exact) mass is 277 g/mol.